The van der Waals surface area contributed by atoms with Crippen LogP contribution in [-0.4, -0.2) is 54.1 Å². The van der Waals surface area contributed by atoms with Gasteiger partial charge in [0.05, 0.1) is 7.11 Å². The number of hydrogen-bond donors (Lipinski definition) is 2. The summed E-state index contributed by atoms with van der Waals surface area (Å²) in [6.45, 7) is 5.05. The summed E-state index contributed by atoms with van der Waals surface area (Å²) < 4.78 is 5.34. The maximum absolute atomic E-state index is 12.0. The molecule has 1 aromatic rings. The topological polar surface area (TPSA) is 79.4 Å². The van der Waals surface area contributed by atoms with E-state index in [1.807, 2.05) is 11.8 Å². The molecule has 21 heavy (non-hydrogen) atoms. The van der Waals surface area contributed by atoms with Crippen molar-refractivity contribution in [3.63, 3.8) is 0 Å². The summed E-state index contributed by atoms with van der Waals surface area (Å²) in [6.07, 6.45) is 4.17. The number of likely N-dealkylation sites (tertiary alicyclic amines) is 1. The normalized spacial score (nSPS) is 14.1. The fourth-order valence-electron chi connectivity index (χ4n) is 2.40. The Morgan fingerprint density at radius 2 is 1.95 bits per heavy atom. The number of anilines is 2. The zero-order valence-corrected chi connectivity index (χ0v) is 12.7. The maximum atomic E-state index is 12.0. The van der Waals surface area contributed by atoms with Gasteiger partial charge in [0.15, 0.2) is 11.6 Å². The van der Waals surface area contributed by atoms with E-state index in [1.54, 1.807) is 7.11 Å². The second-order valence-corrected chi connectivity index (χ2v) is 4.90. The Morgan fingerprint density at radius 3 is 2.57 bits per heavy atom. The number of carbonyl (C=O) groups excluding carboxylic acids is 1. The van der Waals surface area contributed by atoms with Crippen LogP contribution in [0.2, 0.25) is 0 Å². The van der Waals surface area contributed by atoms with Crippen LogP contribution in [0.5, 0.6) is 5.75 Å². The molecular weight excluding hydrogens is 270 g/mol. The number of aromatic nitrogens is 2. The minimum atomic E-state index is 0.194. The summed E-state index contributed by atoms with van der Waals surface area (Å²) in [4.78, 5) is 22.2. The zero-order chi connectivity index (χ0) is 15.1. The summed E-state index contributed by atoms with van der Waals surface area (Å²) >= 11 is 0. The van der Waals surface area contributed by atoms with E-state index in [-0.39, 0.29) is 5.91 Å². The lowest BCUT2D eigenvalue weighted by Gasteiger charge is -2.16. The van der Waals surface area contributed by atoms with Crippen molar-refractivity contribution >= 4 is 17.5 Å². The fourth-order valence-corrected chi connectivity index (χ4v) is 2.40. The van der Waals surface area contributed by atoms with Crippen LogP contribution in [0.15, 0.2) is 6.33 Å². The third-order valence-corrected chi connectivity index (χ3v) is 3.44. The van der Waals surface area contributed by atoms with Crippen molar-refractivity contribution in [3.05, 3.63) is 6.33 Å². The fraction of sp³-hybridized carbons (Fsp3) is 0.643. The molecule has 0 spiro atoms. The van der Waals surface area contributed by atoms with Gasteiger partial charge >= 0.3 is 0 Å². The van der Waals surface area contributed by atoms with Gasteiger partial charge in [-0.15, -0.1) is 0 Å². The highest BCUT2D eigenvalue weighted by Gasteiger charge is 2.17. The van der Waals surface area contributed by atoms with Crippen molar-refractivity contribution in [1.82, 2.24) is 14.9 Å². The molecule has 0 radical (unpaired) electrons. The number of ether oxygens (including phenoxy) is 1. The lowest BCUT2D eigenvalue weighted by atomic mass is 10.3. The van der Waals surface area contributed by atoms with E-state index >= 15 is 0 Å². The van der Waals surface area contributed by atoms with E-state index in [0.29, 0.717) is 30.4 Å². The second-order valence-electron chi connectivity index (χ2n) is 4.90. The van der Waals surface area contributed by atoms with Crippen LogP contribution < -0.4 is 15.4 Å². The molecule has 0 atom stereocenters. The molecule has 1 aliphatic heterocycles. The van der Waals surface area contributed by atoms with Crippen molar-refractivity contribution in [1.29, 1.82) is 0 Å². The number of hydrogen-bond acceptors (Lipinski definition) is 6. The standard InChI is InChI=1S/C14H23N5O2/c1-3-15-13-12(21-2)14(18-10-17-13)16-7-6-11(20)19-8-4-5-9-19/h10H,3-9H2,1-2H3,(H2,15,16,17,18). The average Bonchev–Trinajstić information content (AvgIpc) is 3.02. The van der Waals surface area contributed by atoms with E-state index in [9.17, 15) is 4.79 Å². The quantitative estimate of drug-likeness (QED) is 0.790. The van der Waals surface area contributed by atoms with Crippen molar-refractivity contribution in [2.45, 2.75) is 26.2 Å². The average molecular weight is 293 g/mol. The van der Waals surface area contributed by atoms with E-state index < -0.39 is 0 Å². The van der Waals surface area contributed by atoms with Crippen molar-refractivity contribution in [2.75, 3.05) is 43.9 Å². The van der Waals surface area contributed by atoms with Gasteiger partial charge in [-0.2, -0.15) is 0 Å². The highest BCUT2D eigenvalue weighted by Crippen LogP contribution is 2.28. The summed E-state index contributed by atoms with van der Waals surface area (Å²) in [7, 11) is 1.58. The molecule has 0 saturated carbocycles. The predicted octanol–water partition coefficient (Wildman–Crippen LogP) is 1.34. The summed E-state index contributed by atoms with van der Waals surface area (Å²) in [5.74, 6) is 2.04. The Kier molecular flexibility index (Phi) is 5.59. The van der Waals surface area contributed by atoms with Crippen LogP contribution in [0.3, 0.4) is 0 Å². The summed E-state index contributed by atoms with van der Waals surface area (Å²) in [5.41, 5.74) is 0. The largest absolute Gasteiger partial charge is 0.490 e. The molecule has 0 bridgehead atoms. The van der Waals surface area contributed by atoms with Crippen LogP contribution in [-0.2, 0) is 4.79 Å². The molecule has 0 unspecified atom stereocenters. The minimum absolute atomic E-state index is 0.194. The lowest BCUT2D eigenvalue weighted by Crippen LogP contribution is -2.29. The van der Waals surface area contributed by atoms with E-state index in [0.717, 1.165) is 32.5 Å². The highest BCUT2D eigenvalue weighted by atomic mass is 16.5. The van der Waals surface area contributed by atoms with Gasteiger partial charge in [0.1, 0.15) is 6.33 Å². The smallest absolute Gasteiger partial charge is 0.224 e. The van der Waals surface area contributed by atoms with Crippen LogP contribution in [0.4, 0.5) is 11.6 Å². The molecule has 7 nitrogen and oxygen atoms in total. The van der Waals surface area contributed by atoms with E-state index in [1.165, 1.54) is 6.33 Å². The monoisotopic (exact) mass is 293 g/mol. The van der Waals surface area contributed by atoms with Crippen LogP contribution in [0.25, 0.3) is 0 Å². The van der Waals surface area contributed by atoms with Crippen LogP contribution in [0.1, 0.15) is 26.2 Å². The number of nitrogens with one attached hydrogen (secondary N) is 2. The lowest BCUT2D eigenvalue weighted by molar-refractivity contribution is -0.129. The predicted molar refractivity (Wildman–Crippen MR) is 81.7 cm³/mol. The first-order valence-corrected chi connectivity index (χ1v) is 7.40. The highest BCUT2D eigenvalue weighted by molar-refractivity contribution is 5.77. The number of rotatable bonds is 7. The van der Waals surface area contributed by atoms with Gasteiger partial charge < -0.3 is 20.3 Å². The van der Waals surface area contributed by atoms with Crippen molar-refractivity contribution in [3.8, 4) is 5.75 Å². The zero-order valence-electron chi connectivity index (χ0n) is 12.7. The van der Waals surface area contributed by atoms with Crippen LogP contribution in [0, 0.1) is 0 Å². The van der Waals surface area contributed by atoms with Crippen LogP contribution >= 0.6 is 0 Å². The molecule has 2 heterocycles. The Labute approximate surface area is 125 Å². The Bertz CT molecular complexity index is 474. The second kappa shape index (κ2) is 7.66. The number of nitrogens with zero attached hydrogens (tertiary/aromatic N) is 3. The first kappa shape index (κ1) is 15.3. The minimum Gasteiger partial charge on any atom is -0.490 e. The molecule has 0 aliphatic carbocycles. The molecule has 0 aromatic carbocycles. The Morgan fingerprint density at radius 1 is 1.29 bits per heavy atom. The van der Waals surface area contributed by atoms with E-state index in [2.05, 4.69) is 20.6 Å². The molecule has 1 saturated heterocycles. The van der Waals surface area contributed by atoms with Gasteiger partial charge in [-0.3, -0.25) is 4.79 Å². The van der Waals surface area contributed by atoms with Gasteiger partial charge in [0, 0.05) is 32.6 Å². The van der Waals surface area contributed by atoms with Gasteiger partial charge in [-0.1, -0.05) is 0 Å². The Hall–Kier alpha value is -2.05. The molecule has 116 valence electrons. The first-order valence-electron chi connectivity index (χ1n) is 7.40. The molecule has 1 aromatic heterocycles. The SMILES string of the molecule is CCNc1ncnc(NCCC(=O)N2CCCC2)c1OC. The number of methoxy groups -OCH3 is 1. The number of carbonyl (C=O) groups is 1. The van der Waals surface area contributed by atoms with Crippen molar-refractivity contribution < 1.29 is 9.53 Å². The summed E-state index contributed by atoms with van der Waals surface area (Å²) in [5, 5.41) is 6.27. The van der Waals surface area contributed by atoms with E-state index in [4.69, 9.17) is 4.74 Å². The first-order chi connectivity index (χ1) is 10.3. The third-order valence-electron chi connectivity index (χ3n) is 3.44. The molecular formula is C14H23N5O2. The maximum Gasteiger partial charge on any atom is 0.224 e. The van der Waals surface area contributed by atoms with Gasteiger partial charge in [-0.05, 0) is 19.8 Å². The Balaban J connectivity index is 1.90. The number of amides is 1. The van der Waals surface area contributed by atoms with Crippen molar-refractivity contribution in [2.24, 2.45) is 0 Å². The molecule has 1 amide bonds. The molecule has 1 aliphatic rings. The van der Waals surface area contributed by atoms with Gasteiger partial charge in [0.25, 0.3) is 0 Å². The van der Waals surface area contributed by atoms with Gasteiger partial charge in [0.2, 0.25) is 11.7 Å². The molecule has 2 N–H and O–H groups in total. The molecule has 1 fully saturated rings. The third kappa shape index (κ3) is 3.96. The van der Waals surface area contributed by atoms with Gasteiger partial charge in [-0.25, -0.2) is 9.97 Å². The molecule has 2 rings (SSSR count). The molecule has 7 heteroatoms. The summed E-state index contributed by atoms with van der Waals surface area (Å²) in [6, 6.07) is 0.